The van der Waals surface area contributed by atoms with Crippen molar-refractivity contribution >= 4 is 5.97 Å². The molecule has 1 heterocycles. The van der Waals surface area contributed by atoms with Gasteiger partial charge in [-0.1, -0.05) is 0 Å². The van der Waals surface area contributed by atoms with E-state index in [1.807, 2.05) is 0 Å². The van der Waals surface area contributed by atoms with E-state index >= 15 is 0 Å². The molecule has 1 atom stereocenters. The molecule has 52 valence electrons. The first-order chi connectivity index (χ1) is 4.81. The molecule has 3 heteroatoms. The molecule has 0 spiro atoms. The number of hydrogen-bond donors (Lipinski definition) is 1. The number of aliphatic hydroxyl groups is 1. The van der Waals surface area contributed by atoms with Crippen LogP contribution in [0.5, 0.6) is 0 Å². The summed E-state index contributed by atoms with van der Waals surface area (Å²) in [6.45, 7) is -0.593. The first-order valence-electron chi connectivity index (χ1n) is 3.75. The molecule has 0 aromatic carbocycles. The minimum Gasteiger partial charge on any atom is -0.465 e. The van der Waals surface area contributed by atoms with Gasteiger partial charge in [0, 0.05) is 6.42 Å². The Bertz CT molecular complexity index is 170. The minimum atomic E-state index is -2.02. The fourth-order valence-corrected chi connectivity index (χ4v) is 0.682. The number of carbonyl (C=O) groups excluding carboxylic acids is 1. The van der Waals surface area contributed by atoms with Crippen molar-refractivity contribution in [2.45, 2.75) is 25.4 Å². The van der Waals surface area contributed by atoms with Gasteiger partial charge in [0.2, 0.25) is 0 Å². The highest BCUT2D eigenvalue weighted by molar-refractivity contribution is 5.71. The summed E-state index contributed by atoms with van der Waals surface area (Å²) in [5.41, 5.74) is -1.27. The third kappa shape index (κ3) is 1.68. The standard InChI is InChI=1S/C6H10O3/c1-6(8)2-3-9-5(7)4-6/h8H,2-4H2,1H3/i3T2. The van der Waals surface area contributed by atoms with Crippen molar-refractivity contribution < 1.29 is 17.4 Å². The Labute approximate surface area is 56.4 Å². The van der Waals surface area contributed by atoms with Crippen molar-refractivity contribution in [3.05, 3.63) is 0 Å². The molecule has 1 fully saturated rings. The zero-order valence-corrected chi connectivity index (χ0v) is 5.18. The highest BCUT2D eigenvalue weighted by Crippen LogP contribution is 2.19. The molecule has 0 aliphatic carbocycles. The Morgan fingerprint density at radius 2 is 2.67 bits per heavy atom. The summed E-state index contributed by atoms with van der Waals surface area (Å²) in [4.78, 5) is 10.7. The predicted molar refractivity (Wildman–Crippen MR) is 30.8 cm³/mol. The van der Waals surface area contributed by atoms with Gasteiger partial charge >= 0.3 is 5.97 Å². The average Bonchev–Trinajstić information content (AvgIpc) is 1.49. The van der Waals surface area contributed by atoms with Crippen LogP contribution in [0.3, 0.4) is 0 Å². The van der Waals surface area contributed by atoms with E-state index in [4.69, 9.17) is 2.74 Å². The summed E-state index contributed by atoms with van der Waals surface area (Å²) >= 11 is 0. The number of rotatable bonds is 0. The minimum absolute atomic E-state index is 0.132. The average molecular weight is 134 g/mol. The van der Waals surface area contributed by atoms with Crippen LogP contribution in [0.15, 0.2) is 0 Å². The lowest BCUT2D eigenvalue weighted by Crippen LogP contribution is -2.35. The summed E-state index contributed by atoms with van der Waals surface area (Å²) in [6, 6.07) is 0. The molecule has 0 radical (unpaired) electrons. The van der Waals surface area contributed by atoms with E-state index in [2.05, 4.69) is 4.74 Å². The molecule has 0 saturated carbocycles. The molecule has 3 nitrogen and oxygen atoms in total. The first kappa shape index (κ1) is 4.28. The van der Waals surface area contributed by atoms with Gasteiger partial charge in [0.1, 0.15) is 0 Å². The van der Waals surface area contributed by atoms with Crippen LogP contribution in [-0.4, -0.2) is 23.2 Å². The summed E-state index contributed by atoms with van der Waals surface area (Å²) in [5.74, 6) is -0.689. The SMILES string of the molecule is [3H]C1([3H])CC(C)(O)CC(=O)O1. The number of ether oxygens (including phenoxy) is 1. The van der Waals surface area contributed by atoms with E-state index in [9.17, 15) is 9.90 Å². The van der Waals surface area contributed by atoms with Gasteiger partial charge in [-0.15, -0.1) is 0 Å². The molecule has 1 unspecified atom stereocenters. The fraction of sp³-hybridized carbons (Fsp3) is 0.833. The van der Waals surface area contributed by atoms with Crippen molar-refractivity contribution in [3.8, 4) is 0 Å². The van der Waals surface area contributed by atoms with E-state index < -0.39 is 18.1 Å². The van der Waals surface area contributed by atoms with Crippen LogP contribution in [0.4, 0.5) is 0 Å². The molecule has 0 amide bonds. The molecule has 1 aliphatic rings. The van der Waals surface area contributed by atoms with Crippen molar-refractivity contribution in [2.75, 3.05) is 6.56 Å². The van der Waals surface area contributed by atoms with Crippen molar-refractivity contribution in [1.82, 2.24) is 0 Å². The van der Waals surface area contributed by atoms with Crippen molar-refractivity contribution in [2.24, 2.45) is 0 Å². The number of carbonyl (C=O) groups is 1. The Hall–Kier alpha value is -0.570. The number of cyclic esters (lactones) is 1. The third-order valence-corrected chi connectivity index (χ3v) is 1.16. The maximum absolute atomic E-state index is 10.7. The number of esters is 1. The Morgan fingerprint density at radius 1 is 2.00 bits per heavy atom. The molecule has 1 N–H and O–H groups in total. The number of hydrogen-bond acceptors (Lipinski definition) is 3. The van der Waals surface area contributed by atoms with E-state index in [-0.39, 0.29) is 12.8 Å². The highest BCUT2D eigenvalue weighted by Gasteiger charge is 2.29. The molecular formula is C6H10O3. The van der Waals surface area contributed by atoms with Gasteiger partial charge in [0.25, 0.3) is 0 Å². The second-order valence-electron chi connectivity index (χ2n) is 2.47. The topological polar surface area (TPSA) is 46.5 Å². The summed E-state index contributed by atoms with van der Waals surface area (Å²) in [5, 5.41) is 9.34. The fourth-order valence-electron chi connectivity index (χ4n) is 0.682. The van der Waals surface area contributed by atoms with E-state index in [1.165, 1.54) is 6.92 Å². The molecule has 1 saturated heterocycles. The Balaban J connectivity index is 2.74. The second kappa shape index (κ2) is 1.99. The molecule has 0 aromatic rings. The van der Waals surface area contributed by atoms with Gasteiger partial charge in [-0.05, 0) is 6.92 Å². The van der Waals surface area contributed by atoms with Crippen LogP contribution < -0.4 is 0 Å². The lowest BCUT2D eigenvalue weighted by atomic mass is 9.97. The molecule has 0 bridgehead atoms. The molecular weight excluding hydrogens is 120 g/mol. The van der Waals surface area contributed by atoms with Crippen LogP contribution in [-0.2, 0) is 9.53 Å². The lowest BCUT2D eigenvalue weighted by Gasteiger charge is -2.26. The third-order valence-electron chi connectivity index (χ3n) is 1.16. The molecule has 0 aromatic heterocycles. The Kier molecular flexibility index (Phi) is 0.945. The second-order valence-corrected chi connectivity index (χ2v) is 2.47. The summed E-state index contributed by atoms with van der Waals surface area (Å²) < 4.78 is 18.5. The monoisotopic (exact) mass is 134 g/mol. The summed E-state index contributed by atoms with van der Waals surface area (Å²) in [7, 11) is 0. The van der Waals surface area contributed by atoms with Gasteiger partial charge in [-0.3, -0.25) is 4.79 Å². The molecule has 9 heavy (non-hydrogen) atoms. The lowest BCUT2D eigenvalue weighted by molar-refractivity contribution is -0.157. The largest absolute Gasteiger partial charge is 0.465 e. The van der Waals surface area contributed by atoms with E-state index in [0.717, 1.165) is 0 Å². The maximum Gasteiger partial charge on any atom is 0.308 e. The maximum atomic E-state index is 10.7. The normalized spacial score (nSPS) is 44.9. The van der Waals surface area contributed by atoms with Crippen LogP contribution >= 0.6 is 0 Å². The zero-order valence-electron chi connectivity index (χ0n) is 7.18. The highest BCUT2D eigenvalue weighted by atomic mass is 16.5. The van der Waals surface area contributed by atoms with Crippen LogP contribution in [0, 0.1) is 0 Å². The summed E-state index contributed by atoms with van der Waals surface area (Å²) in [6.07, 6.45) is -0.293. The molecule has 1 aliphatic heterocycles. The van der Waals surface area contributed by atoms with E-state index in [0.29, 0.717) is 0 Å². The quantitative estimate of drug-likeness (QED) is 0.477. The predicted octanol–water partition coefficient (Wildman–Crippen LogP) is 0.0744. The first-order valence-corrected chi connectivity index (χ1v) is 2.75. The smallest absolute Gasteiger partial charge is 0.308 e. The zero-order chi connectivity index (χ0) is 8.70. The van der Waals surface area contributed by atoms with Gasteiger partial charge in [-0.2, -0.15) is 0 Å². The van der Waals surface area contributed by atoms with Gasteiger partial charge in [-0.25, -0.2) is 0 Å². The van der Waals surface area contributed by atoms with Crippen molar-refractivity contribution in [3.63, 3.8) is 0 Å². The van der Waals surface area contributed by atoms with Crippen LogP contribution in [0.1, 0.15) is 22.5 Å². The van der Waals surface area contributed by atoms with Gasteiger partial charge in [0.05, 0.1) is 21.3 Å². The van der Waals surface area contributed by atoms with Gasteiger partial charge in [0.15, 0.2) is 0 Å². The van der Waals surface area contributed by atoms with E-state index in [1.54, 1.807) is 0 Å². The van der Waals surface area contributed by atoms with Gasteiger partial charge < -0.3 is 9.84 Å². The van der Waals surface area contributed by atoms with Crippen LogP contribution in [0.2, 0.25) is 0 Å². The van der Waals surface area contributed by atoms with Crippen LogP contribution in [0.25, 0.3) is 0 Å². The molecule has 1 rings (SSSR count). The van der Waals surface area contributed by atoms with Crippen molar-refractivity contribution in [1.29, 1.82) is 0 Å². The Morgan fingerprint density at radius 3 is 3.11 bits per heavy atom.